The number of carboxylic acid groups (broad SMARTS) is 2. The summed E-state index contributed by atoms with van der Waals surface area (Å²) in [6, 6.07) is 0. The molecule has 0 spiro atoms. The molecule has 5 fully saturated rings. The molecule has 0 saturated heterocycles. The lowest BCUT2D eigenvalue weighted by Gasteiger charge is -2.73. The zero-order valence-electron chi connectivity index (χ0n) is 35.9. The summed E-state index contributed by atoms with van der Waals surface area (Å²) in [6.07, 6.45) is 12.3. The number of esters is 2. The molecule has 0 aliphatic heterocycles. The Bertz CT molecular complexity index is 1440. The van der Waals surface area contributed by atoms with Crippen molar-refractivity contribution in [1.29, 1.82) is 0 Å². The molecule has 54 heavy (non-hydrogen) atoms. The molecule has 0 heterocycles. The van der Waals surface area contributed by atoms with Gasteiger partial charge in [-0.05, 0) is 140 Å². The zero-order chi connectivity index (χ0) is 40.3. The highest BCUT2D eigenvalue weighted by Gasteiger charge is 2.71. The van der Waals surface area contributed by atoms with Crippen molar-refractivity contribution in [2.45, 2.75) is 185 Å². The van der Waals surface area contributed by atoms with Crippen LogP contribution in [0.15, 0.2) is 0 Å². The van der Waals surface area contributed by atoms with Crippen LogP contribution in [-0.2, 0) is 28.7 Å². The molecule has 0 bridgehead atoms. The predicted molar refractivity (Wildman–Crippen MR) is 210 cm³/mol. The largest absolute Gasteiger partial charge is 0.481 e. The molecule has 0 radical (unpaired) electrons. The molecule has 2 unspecified atom stereocenters. The van der Waals surface area contributed by atoms with Crippen molar-refractivity contribution < 1.29 is 38.9 Å². The van der Waals surface area contributed by atoms with Gasteiger partial charge in [-0.25, -0.2) is 0 Å². The predicted octanol–water partition coefficient (Wildman–Crippen LogP) is 10.7. The Morgan fingerprint density at radius 1 is 0.685 bits per heavy atom. The van der Waals surface area contributed by atoms with Crippen molar-refractivity contribution in [1.82, 2.24) is 0 Å². The van der Waals surface area contributed by atoms with Crippen LogP contribution in [0.3, 0.4) is 0 Å². The van der Waals surface area contributed by atoms with Gasteiger partial charge in [-0.2, -0.15) is 0 Å². The average Bonchev–Trinajstić information content (AvgIpc) is 3.45. The van der Waals surface area contributed by atoms with Gasteiger partial charge in [0.05, 0.1) is 32.3 Å². The van der Waals surface area contributed by atoms with E-state index in [9.17, 15) is 29.4 Å². The van der Waals surface area contributed by atoms with Crippen LogP contribution in [-0.4, -0.2) is 46.8 Å². The van der Waals surface area contributed by atoms with E-state index in [1.165, 1.54) is 25.7 Å². The van der Waals surface area contributed by atoms with Crippen LogP contribution in [0.25, 0.3) is 0 Å². The van der Waals surface area contributed by atoms with E-state index in [1.54, 1.807) is 0 Å². The summed E-state index contributed by atoms with van der Waals surface area (Å²) < 4.78 is 12.6. The molecule has 2 N–H and O–H groups in total. The molecule has 0 aromatic heterocycles. The minimum Gasteiger partial charge on any atom is -0.481 e. The first kappa shape index (κ1) is 43.0. The lowest BCUT2D eigenvalue weighted by atomic mass is 9.32. The van der Waals surface area contributed by atoms with Crippen molar-refractivity contribution in [3.63, 3.8) is 0 Å². The van der Waals surface area contributed by atoms with E-state index >= 15 is 0 Å². The maximum Gasteiger partial charge on any atom is 0.306 e. The van der Waals surface area contributed by atoms with Crippen LogP contribution < -0.4 is 0 Å². The van der Waals surface area contributed by atoms with Gasteiger partial charge in [-0.15, -0.1) is 0 Å². The van der Waals surface area contributed by atoms with Crippen molar-refractivity contribution in [3.8, 4) is 0 Å². The second-order valence-electron chi connectivity index (χ2n) is 21.8. The third kappa shape index (κ3) is 7.40. The molecule has 0 aromatic carbocycles. The number of rotatable bonds is 14. The Hall–Kier alpha value is -2.12. The molecular formula is C46H76O8. The first-order chi connectivity index (χ1) is 24.9. The molecule has 5 aliphatic rings. The summed E-state index contributed by atoms with van der Waals surface area (Å²) in [6.45, 7) is 25.4. The van der Waals surface area contributed by atoms with E-state index in [0.29, 0.717) is 55.0 Å². The highest BCUT2D eigenvalue weighted by atomic mass is 16.5. The fraction of sp³-hybridized carbons (Fsp3) is 0.913. The van der Waals surface area contributed by atoms with Gasteiger partial charge in [0.2, 0.25) is 0 Å². The van der Waals surface area contributed by atoms with Gasteiger partial charge < -0.3 is 19.7 Å². The Kier molecular flexibility index (Phi) is 11.9. The van der Waals surface area contributed by atoms with Crippen molar-refractivity contribution in [2.24, 2.45) is 73.4 Å². The van der Waals surface area contributed by atoms with E-state index < -0.39 is 22.8 Å². The summed E-state index contributed by atoms with van der Waals surface area (Å²) >= 11 is 0. The Morgan fingerprint density at radius 3 is 1.83 bits per heavy atom. The monoisotopic (exact) mass is 757 g/mol. The fourth-order valence-electron chi connectivity index (χ4n) is 14.5. The normalized spacial score (nSPS) is 40.5. The first-order valence-electron chi connectivity index (χ1n) is 21.7. The highest BCUT2D eigenvalue weighted by molar-refractivity contribution is 5.74. The lowest BCUT2D eigenvalue weighted by Crippen LogP contribution is -2.67. The Morgan fingerprint density at radius 2 is 1.28 bits per heavy atom. The summed E-state index contributed by atoms with van der Waals surface area (Å²) in [5.74, 6) is 0.979. The van der Waals surface area contributed by atoms with Crippen LogP contribution in [0.5, 0.6) is 0 Å². The number of ether oxygens (including phenoxy) is 2. The van der Waals surface area contributed by atoms with Gasteiger partial charge >= 0.3 is 23.9 Å². The molecule has 8 heteroatoms. The number of carboxylic acids is 2. The number of carbonyl (C=O) groups is 4. The van der Waals surface area contributed by atoms with Gasteiger partial charge in [-0.1, -0.05) is 76.2 Å². The van der Waals surface area contributed by atoms with Gasteiger partial charge in [0.25, 0.3) is 0 Å². The molecule has 5 aliphatic carbocycles. The van der Waals surface area contributed by atoms with Crippen LogP contribution in [0.2, 0.25) is 0 Å². The number of aliphatic carboxylic acids is 2. The topological polar surface area (TPSA) is 127 Å². The van der Waals surface area contributed by atoms with E-state index in [1.807, 2.05) is 27.7 Å². The highest BCUT2D eigenvalue weighted by Crippen LogP contribution is 2.77. The van der Waals surface area contributed by atoms with E-state index in [0.717, 1.165) is 38.5 Å². The minimum absolute atomic E-state index is 0.0171. The second kappa shape index (κ2) is 15.0. The third-order valence-electron chi connectivity index (χ3n) is 18.3. The Balaban J connectivity index is 1.35. The first-order valence-corrected chi connectivity index (χ1v) is 21.7. The van der Waals surface area contributed by atoms with Gasteiger partial charge in [-0.3, -0.25) is 19.2 Å². The molecular weight excluding hydrogens is 680 g/mol. The summed E-state index contributed by atoms with van der Waals surface area (Å²) in [5, 5.41) is 19.0. The SMILES string of the molecule is CCC(C)(CC(=O)O)CC(=O)OC[C@]12CC[C@@H](C(C)C)[C@@H]1[C@H]1CC[C@@H]3[C@@]4(C)CC[C@H](OC(=O)CC(C)(CC)CC(=O)O)C(C)(C)[C@@H]4CC[C@@]3(C)[C@]1(C)CC2. The van der Waals surface area contributed by atoms with Crippen molar-refractivity contribution in [2.75, 3.05) is 6.61 Å². The van der Waals surface area contributed by atoms with Crippen LogP contribution in [0.4, 0.5) is 0 Å². The number of fused-ring (bicyclic) bond motifs is 7. The minimum atomic E-state index is -0.876. The molecule has 308 valence electrons. The standard InChI is InChI=1S/C46H76O8/c1-12-41(7,24-35(47)48)26-37(51)53-28-46-21-16-30(29(3)4)39(46)31-14-15-33-43(9)19-18-34(54-38(52)27-42(8,13-2)25-36(49)50)40(5,6)32(43)17-20-45(33,11)44(31,10)22-23-46/h29-34,39H,12-28H2,1-11H3,(H,47,48)(H,49,50)/t30-,31+,32-,33+,34-,39+,41?,42?,43-,44+,45+,46+/m0/s1. The fourth-order valence-corrected chi connectivity index (χ4v) is 14.5. The molecule has 5 rings (SSSR count). The molecule has 5 saturated carbocycles. The molecule has 8 nitrogen and oxygen atoms in total. The molecule has 0 aromatic rings. The van der Waals surface area contributed by atoms with Gasteiger partial charge in [0.15, 0.2) is 0 Å². The van der Waals surface area contributed by atoms with Crippen LogP contribution in [0, 0.1) is 73.4 Å². The maximum absolute atomic E-state index is 13.4. The zero-order valence-corrected chi connectivity index (χ0v) is 35.9. The summed E-state index contributed by atoms with van der Waals surface area (Å²) in [4.78, 5) is 49.9. The van der Waals surface area contributed by atoms with Crippen molar-refractivity contribution >= 4 is 23.9 Å². The average molecular weight is 757 g/mol. The smallest absolute Gasteiger partial charge is 0.306 e. The maximum atomic E-state index is 13.4. The quantitative estimate of drug-likeness (QED) is 0.168. The third-order valence-corrected chi connectivity index (χ3v) is 18.3. The Labute approximate surface area is 327 Å². The molecule has 0 amide bonds. The van der Waals surface area contributed by atoms with E-state index in [4.69, 9.17) is 9.47 Å². The van der Waals surface area contributed by atoms with E-state index in [-0.39, 0.29) is 70.8 Å². The molecule has 12 atom stereocenters. The van der Waals surface area contributed by atoms with Gasteiger partial charge in [0, 0.05) is 10.8 Å². The number of hydrogen-bond acceptors (Lipinski definition) is 6. The van der Waals surface area contributed by atoms with Crippen LogP contribution in [0.1, 0.15) is 179 Å². The number of hydrogen-bond donors (Lipinski definition) is 2. The second-order valence-corrected chi connectivity index (χ2v) is 21.8. The summed E-state index contributed by atoms with van der Waals surface area (Å²) in [7, 11) is 0. The van der Waals surface area contributed by atoms with Crippen LogP contribution >= 0.6 is 0 Å². The van der Waals surface area contributed by atoms with E-state index in [2.05, 4.69) is 48.5 Å². The van der Waals surface area contributed by atoms with Gasteiger partial charge in [0.1, 0.15) is 6.10 Å². The summed E-state index contributed by atoms with van der Waals surface area (Å²) in [5.41, 5.74) is -0.934. The lowest BCUT2D eigenvalue weighted by molar-refractivity contribution is -0.254. The number of carbonyl (C=O) groups excluding carboxylic acids is 2. The van der Waals surface area contributed by atoms with Crippen molar-refractivity contribution in [3.05, 3.63) is 0 Å².